The van der Waals surface area contributed by atoms with Crippen molar-refractivity contribution in [2.24, 2.45) is 0 Å². The summed E-state index contributed by atoms with van der Waals surface area (Å²) in [5.41, 5.74) is 2.00. The Balaban J connectivity index is 1.95. The van der Waals surface area contributed by atoms with Gasteiger partial charge in [0.1, 0.15) is 5.69 Å². The SMILES string of the molecule is CC(=O)c1c(C)[nH]c(C(=O)NCCNS(=O)(=O)c2cccc(Cl)c2)c1C. The van der Waals surface area contributed by atoms with Gasteiger partial charge in [-0.2, -0.15) is 0 Å². The van der Waals surface area contributed by atoms with Crippen LogP contribution in [-0.2, 0) is 10.0 Å². The minimum Gasteiger partial charge on any atom is -0.354 e. The molecule has 0 aliphatic rings. The van der Waals surface area contributed by atoms with Crippen molar-refractivity contribution in [3.63, 3.8) is 0 Å². The van der Waals surface area contributed by atoms with Crippen molar-refractivity contribution < 1.29 is 18.0 Å². The van der Waals surface area contributed by atoms with E-state index < -0.39 is 15.9 Å². The van der Waals surface area contributed by atoms with Gasteiger partial charge in [-0.3, -0.25) is 9.59 Å². The van der Waals surface area contributed by atoms with E-state index in [1.807, 2.05) is 0 Å². The molecule has 0 spiro atoms. The zero-order valence-corrected chi connectivity index (χ0v) is 16.2. The van der Waals surface area contributed by atoms with E-state index in [2.05, 4.69) is 15.0 Å². The average molecular weight is 398 g/mol. The zero-order chi connectivity index (χ0) is 19.5. The number of aryl methyl sites for hydroxylation is 1. The molecule has 0 atom stereocenters. The van der Waals surface area contributed by atoms with Crippen LogP contribution in [0.1, 0.15) is 39.0 Å². The Morgan fingerprint density at radius 1 is 1.19 bits per heavy atom. The monoisotopic (exact) mass is 397 g/mol. The van der Waals surface area contributed by atoms with E-state index in [1.54, 1.807) is 26.0 Å². The fourth-order valence-corrected chi connectivity index (χ4v) is 4.00. The highest BCUT2D eigenvalue weighted by atomic mass is 35.5. The minimum absolute atomic E-state index is 0.0128. The van der Waals surface area contributed by atoms with Crippen LogP contribution in [0.15, 0.2) is 29.2 Å². The molecule has 1 aromatic heterocycles. The van der Waals surface area contributed by atoms with Crippen molar-refractivity contribution >= 4 is 33.3 Å². The van der Waals surface area contributed by atoms with E-state index in [-0.39, 0.29) is 23.8 Å². The van der Waals surface area contributed by atoms with Crippen LogP contribution in [0.25, 0.3) is 0 Å². The fraction of sp³-hybridized carbons (Fsp3) is 0.294. The number of benzene rings is 1. The number of aromatic nitrogens is 1. The lowest BCUT2D eigenvalue weighted by molar-refractivity contribution is 0.0949. The van der Waals surface area contributed by atoms with Crippen LogP contribution in [0.3, 0.4) is 0 Å². The standard InChI is InChI=1S/C17H20ClN3O4S/c1-10-15(12(3)22)11(2)21-16(10)17(23)19-7-8-20-26(24,25)14-6-4-5-13(18)9-14/h4-6,9,20-21H,7-8H2,1-3H3,(H,19,23). The Labute approximate surface area is 157 Å². The Bertz CT molecular complexity index is 951. The van der Waals surface area contributed by atoms with Crippen LogP contribution in [0, 0.1) is 13.8 Å². The first-order chi connectivity index (χ1) is 12.1. The molecule has 26 heavy (non-hydrogen) atoms. The molecule has 2 rings (SSSR count). The summed E-state index contributed by atoms with van der Waals surface area (Å²) >= 11 is 5.80. The average Bonchev–Trinajstić information content (AvgIpc) is 2.86. The molecule has 0 bridgehead atoms. The van der Waals surface area contributed by atoms with Gasteiger partial charge in [0.15, 0.2) is 5.78 Å². The van der Waals surface area contributed by atoms with Gasteiger partial charge in [-0.1, -0.05) is 17.7 Å². The van der Waals surface area contributed by atoms with E-state index in [1.165, 1.54) is 19.1 Å². The fourth-order valence-electron chi connectivity index (χ4n) is 2.67. The topological polar surface area (TPSA) is 108 Å². The number of hydrogen-bond acceptors (Lipinski definition) is 4. The van der Waals surface area contributed by atoms with E-state index in [0.29, 0.717) is 27.5 Å². The second kappa shape index (κ2) is 8.03. The van der Waals surface area contributed by atoms with Gasteiger partial charge >= 0.3 is 0 Å². The molecule has 0 aliphatic carbocycles. The molecular formula is C17H20ClN3O4S. The summed E-state index contributed by atoms with van der Waals surface area (Å²) in [4.78, 5) is 26.8. The third kappa shape index (κ3) is 4.51. The third-order valence-corrected chi connectivity index (χ3v) is 5.52. The van der Waals surface area contributed by atoms with Crippen LogP contribution in [0.5, 0.6) is 0 Å². The summed E-state index contributed by atoms with van der Waals surface area (Å²) in [7, 11) is -3.71. The number of sulfonamides is 1. The number of carbonyl (C=O) groups is 2. The number of amides is 1. The van der Waals surface area contributed by atoms with Crippen LogP contribution < -0.4 is 10.0 Å². The minimum atomic E-state index is -3.71. The van der Waals surface area contributed by atoms with Gasteiger partial charge in [0.05, 0.1) is 4.90 Å². The number of hydrogen-bond donors (Lipinski definition) is 3. The summed E-state index contributed by atoms with van der Waals surface area (Å²) in [6, 6.07) is 5.90. The molecule has 0 unspecified atom stereocenters. The van der Waals surface area contributed by atoms with Crippen LogP contribution in [0.2, 0.25) is 5.02 Å². The maximum atomic E-state index is 12.2. The molecule has 7 nitrogen and oxygen atoms in total. The molecule has 0 radical (unpaired) electrons. The van der Waals surface area contributed by atoms with Gasteiger partial charge in [0, 0.05) is 29.4 Å². The maximum Gasteiger partial charge on any atom is 0.268 e. The van der Waals surface area contributed by atoms with Gasteiger partial charge in [-0.15, -0.1) is 0 Å². The summed E-state index contributed by atoms with van der Waals surface area (Å²) in [6.45, 7) is 4.95. The number of aromatic amines is 1. The predicted molar refractivity (Wildman–Crippen MR) is 99.2 cm³/mol. The number of Topliss-reactive ketones (excluding diaryl/α,β-unsaturated/α-hetero) is 1. The summed E-state index contributed by atoms with van der Waals surface area (Å²) < 4.78 is 26.7. The summed E-state index contributed by atoms with van der Waals surface area (Å²) in [5, 5.41) is 2.94. The Morgan fingerprint density at radius 3 is 2.46 bits per heavy atom. The lowest BCUT2D eigenvalue weighted by Gasteiger charge is -2.08. The van der Waals surface area contributed by atoms with Crippen molar-refractivity contribution in [2.45, 2.75) is 25.7 Å². The first-order valence-corrected chi connectivity index (χ1v) is 9.73. The van der Waals surface area contributed by atoms with Gasteiger partial charge in [-0.05, 0) is 44.5 Å². The normalized spacial score (nSPS) is 11.4. The molecule has 1 amide bonds. The number of H-pyrrole nitrogens is 1. The predicted octanol–water partition coefficient (Wildman–Crippen LogP) is 2.20. The second-order valence-corrected chi connectivity index (χ2v) is 8.00. The number of halogens is 1. The van der Waals surface area contributed by atoms with Crippen molar-refractivity contribution in [1.82, 2.24) is 15.0 Å². The smallest absolute Gasteiger partial charge is 0.268 e. The Morgan fingerprint density at radius 2 is 1.88 bits per heavy atom. The maximum absolute atomic E-state index is 12.2. The van der Waals surface area contributed by atoms with Crippen LogP contribution in [0.4, 0.5) is 0 Å². The van der Waals surface area contributed by atoms with Crippen LogP contribution >= 0.6 is 11.6 Å². The third-order valence-electron chi connectivity index (χ3n) is 3.83. The van der Waals surface area contributed by atoms with Crippen LogP contribution in [-0.4, -0.2) is 38.2 Å². The molecule has 2 aromatic rings. The molecule has 3 N–H and O–H groups in total. The quantitative estimate of drug-likeness (QED) is 0.491. The van der Waals surface area contributed by atoms with Crippen molar-refractivity contribution in [3.05, 3.63) is 51.8 Å². The molecule has 140 valence electrons. The zero-order valence-electron chi connectivity index (χ0n) is 14.6. The number of rotatable bonds is 7. The van der Waals surface area contributed by atoms with Crippen molar-refractivity contribution in [1.29, 1.82) is 0 Å². The number of ketones is 1. The van der Waals surface area contributed by atoms with Crippen molar-refractivity contribution in [2.75, 3.05) is 13.1 Å². The largest absolute Gasteiger partial charge is 0.354 e. The summed E-state index contributed by atoms with van der Waals surface area (Å²) in [6.07, 6.45) is 0. The second-order valence-electron chi connectivity index (χ2n) is 5.79. The Hall–Kier alpha value is -2.16. The van der Waals surface area contributed by atoms with Gasteiger partial charge in [-0.25, -0.2) is 13.1 Å². The summed E-state index contributed by atoms with van der Waals surface area (Å²) in [5.74, 6) is -0.523. The highest BCUT2D eigenvalue weighted by Crippen LogP contribution is 2.18. The molecular weight excluding hydrogens is 378 g/mol. The lowest BCUT2D eigenvalue weighted by Crippen LogP contribution is -2.35. The van der Waals surface area contributed by atoms with Crippen molar-refractivity contribution in [3.8, 4) is 0 Å². The molecule has 1 heterocycles. The first-order valence-electron chi connectivity index (χ1n) is 7.87. The Kier molecular flexibility index (Phi) is 6.22. The van der Waals surface area contributed by atoms with E-state index in [4.69, 9.17) is 11.6 Å². The van der Waals surface area contributed by atoms with Gasteiger partial charge in [0.2, 0.25) is 10.0 Å². The first kappa shape index (κ1) is 20.2. The van der Waals surface area contributed by atoms with E-state index in [9.17, 15) is 18.0 Å². The number of carbonyl (C=O) groups excluding carboxylic acids is 2. The number of nitrogens with one attached hydrogen (secondary N) is 3. The molecule has 0 saturated carbocycles. The lowest BCUT2D eigenvalue weighted by atomic mass is 10.1. The highest BCUT2D eigenvalue weighted by molar-refractivity contribution is 7.89. The molecule has 9 heteroatoms. The van der Waals surface area contributed by atoms with E-state index >= 15 is 0 Å². The van der Waals surface area contributed by atoms with E-state index in [0.717, 1.165) is 0 Å². The highest BCUT2D eigenvalue weighted by Gasteiger charge is 2.19. The van der Waals surface area contributed by atoms with Gasteiger partial charge in [0.25, 0.3) is 5.91 Å². The molecule has 0 fully saturated rings. The molecule has 0 aliphatic heterocycles. The van der Waals surface area contributed by atoms with Gasteiger partial charge < -0.3 is 10.3 Å². The molecule has 1 aromatic carbocycles. The molecule has 0 saturated heterocycles.